The van der Waals surface area contributed by atoms with E-state index in [2.05, 4.69) is 10.1 Å². The van der Waals surface area contributed by atoms with Crippen molar-refractivity contribution in [2.75, 3.05) is 44.2 Å². The molecule has 3 aromatic rings. The molecular formula is C22H25N7O4. The van der Waals surface area contributed by atoms with E-state index in [4.69, 9.17) is 4.74 Å². The molecule has 2 amide bonds. The van der Waals surface area contributed by atoms with Crippen LogP contribution < -0.4 is 15.3 Å². The summed E-state index contributed by atoms with van der Waals surface area (Å²) in [7, 11) is 0. The Kier molecular flexibility index (Phi) is 5.23. The van der Waals surface area contributed by atoms with Gasteiger partial charge in [-0.1, -0.05) is 0 Å². The van der Waals surface area contributed by atoms with E-state index in [-0.39, 0.29) is 17.5 Å². The highest BCUT2D eigenvalue weighted by Gasteiger charge is 2.27. The average Bonchev–Trinajstić information content (AvgIpc) is 3.17. The molecule has 0 aliphatic carbocycles. The van der Waals surface area contributed by atoms with E-state index in [9.17, 15) is 14.4 Å². The van der Waals surface area contributed by atoms with Crippen LogP contribution in [0.5, 0.6) is 5.75 Å². The van der Waals surface area contributed by atoms with Gasteiger partial charge in [-0.3, -0.25) is 14.0 Å². The molecule has 172 valence electrons. The van der Waals surface area contributed by atoms with Gasteiger partial charge in [-0.25, -0.2) is 14.5 Å². The predicted octanol–water partition coefficient (Wildman–Crippen LogP) is 0.746. The molecule has 0 bridgehead atoms. The maximum absolute atomic E-state index is 13.0. The second kappa shape index (κ2) is 8.23. The zero-order valence-electron chi connectivity index (χ0n) is 18.6. The van der Waals surface area contributed by atoms with Crippen LogP contribution in [0.15, 0.2) is 35.4 Å². The van der Waals surface area contributed by atoms with Crippen LogP contribution in [0.3, 0.4) is 0 Å². The number of aryl methyl sites for hydroxylation is 1. The van der Waals surface area contributed by atoms with Gasteiger partial charge in [0.15, 0.2) is 17.2 Å². The zero-order chi connectivity index (χ0) is 23.1. The SMILES string of the molecule is CCn1nc2cc(N3CCOc4cc(C(=O)N5CCN(C(C)=O)CC5)cnc43)ccn2c1=O. The van der Waals surface area contributed by atoms with Gasteiger partial charge in [0.1, 0.15) is 6.61 Å². The first kappa shape index (κ1) is 21.0. The van der Waals surface area contributed by atoms with E-state index in [1.165, 1.54) is 9.08 Å². The third-order valence-corrected chi connectivity index (χ3v) is 6.10. The van der Waals surface area contributed by atoms with Crippen molar-refractivity contribution in [3.05, 3.63) is 46.6 Å². The number of amides is 2. The van der Waals surface area contributed by atoms with Crippen LogP contribution in [0.1, 0.15) is 24.2 Å². The molecule has 0 atom stereocenters. The number of ether oxygens (including phenoxy) is 1. The Hall–Kier alpha value is -3.89. The summed E-state index contributed by atoms with van der Waals surface area (Å²) in [5.74, 6) is 1.04. The van der Waals surface area contributed by atoms with Crippen LogP contribution in [0.25, 0.3) is 5.65 Å². The first-order valence-electron chi connectivity index (χ1n) is 11.0. The quantitative estimate of drug-likeness (QED) is 0.579. The summed E-state index contributed by atoms with van der Waals surface area (Å²) in [5.41, 5.74) is 1.68. The topological polar surface area (TPSA) is 105 Å². The van der Waals surface area contributed by atoms with E-state index in [1.807, 2.05) is 24.0 Å². The van der Waals surface area contributed by atoms with Crippen molar-refractivity contribution in [1.82, 2.24) is 29.0 Å². The van der Waals surface area contributed by atoms with Gasteiger partial charge in [-0.05, 0) is 19.1 Å². The number of nitrogens with zero attached hydrogens (tertiary/aromatic N) is 7. The molecule has 33 heavy (non-hydrogen) atoms. The van der Waals surface area contributed by atoms with Gasteiger partial charge in [0.05, 0.1) is 12.1 Å². The largest absolute Gasteiger partial charge is 0.488 e. The summed E-state index contributed by atoms with van der Waals surface area (Å²) in [6.45, 7) is 6.97. The molecule has 3 aromatic heterocycles. The summed E-state index contributed by atoms with van der Waals surface area (Å²) >= 11 is 0. The summed E-state index contributed by atoms with van der Waals surface area (Å²) in [4.78, 5) is 46.8. The third kappa shape index (κ3) is 3.69. The molecule has 0 saturated carbocycles. The highest BCUT2D eigenvalue weighted by atomic mass is 16.5. The Morgan fingerprint density at radius 3 is 2.58 bits per heavy atom. The fraction of sp³-hybridized carbons (Fsp3) is 0.409. The van der Waals surface area contributed by atoms with Gasteiger partial charge in [-0.2, -0.15) is 0 Å². The molecule has 0 spiro atoms. The van der Waals surface area contributed by atoms with E-state index in [0.717, 1.165) is 5.69 Å². The molecule has 11 heteroatoms. The fourth-order valence-electron chi connectivity index (χ4n) is 4.26. The standard InChI is InChI=1S/C22H25N7O4/c1-3-29-22(32)28-5-4-17(13-19(28)24-29)27-10-11-33-18-12-16(14-23-20(18)27)21(31)26-8-6-25(7-9-26)15(2)30/h4-5,12-14H,3,6-11H2,1-2H3. The first-order chi connectivity index (χ1) is 16.0. The van der Waals surface area contributed by atoms with Crippen LogP contribution >= 0.6 is 0 Å². The van der Waals surface area contributed by atoms with Crippen molar-refractivity contribution in [2.24, 2.45) is 0 Å². The smallest absolute Gasteiger partial charge is 0.350 e. The van der Waals surface area contributed by atoms with E-state index >= 15 is 0 Å². The number of hydrogen-bond acceptors (Lipinski definition) is 7. The molecule has 11 nitrogen and oxygen atoms in total. The number of fused-ring (bicyclic) bond motifs is 2. The van der Waals surface area contributed by atoms with Gasteiger partial charge in [-0.15, -0.1) is 5.10 Å². The van der Waals surface area contributed by atoms with E-state index < -0.39 is 0 Å². The maximum Gasteiger partial charge on any atom is 0.350 e. The van der Waals surface area contributed by atoms with Gasteiger partial charge < -0.3 is 19.4 Å². The van der Waals surface area contributed by atoms with Crippen molar-refractivity contribution in [2.45, 2.75) is 20.4 Å². The van der Waals surface area contributed by atoms with E-state index in [0.29, 0.717) is 68.7 Å². The summed E-state index contributed by atoms with van der Waals surface area (Å²) in [5, 5.41) is 4.36. The molecule has 2 aliphatic heterocycles. The minimum Gasteiger partial charge on any atom is -0.488 e. The Labute approximate surface area is 189 Å². The molecule has 1 fully saturated rings. The first-order valence-corrected chi connectivity index (χ1v) is 11.0. The van der Waals surface area contributed by atoms with E-state index in [1.54, 1.807) is 35.2 Å². The van der Waals surface area contributed by atoms with Crippen molar-refractivity contribution >= 4 is 29.0 Å². The van der Waals surface area contributed by atoms with Crippen molar-refractivity contribution in [3.63, 3.8) is 0 Å². The highest BCUT2D eigenvalue weighted by molar-refractivity contribution is 5.95. The number of piperazine rings is 1. The van der Waals surface area contributed by atoms with Gasteiger partial charge >= 0.3 is 5.69 Å². The molecule has 0 unspecified atom stereocenters. The molecular weight excluding hydrogens is 426 g/mol. The lowest BCUT2D eigenvalue weighted by atomic mass is 10.2. The highest BCUT2D eigenvalue weighted by Crippen LogP contribution is 2.35. The minimum atomic E-state index is -0.174. The molecule has 2 aliphatic rings. The number of anilines is 2. The monoisotopic (exact) mass is 451 g/mol. The number of pyridine rings is 2. The average molecular weight is 451 g/mol. The lowest BCUT2D eigenvalue weighted by Crippen LogP contribution is -2.50. The minimum absolute atomic E-state index is 0.0237. The normalized spacial score (nSPS) is 16.0. The van der Waals surface area contributed by atoms with Crippen LogP contribution in [-0.4, -0.2) is 80.1 Å². The van der Waals surface area contributed by atoms with Gasteiger partial charge in [0, 0.05) is 63.8 Å². The number of hydrogen-bond donors (Lipinski definition) is 0. The van der Waals surface area contributed by atoms with Crippen LogP contribution in [-0.2, 0) is 11.3 Å². The number of rotatable bonds is 3. The van der Waals surface area contributed by atoms with Gasteiger partial charge in [0.25, 0.3) is 5.91 Å². The van der Waals surface area contributed by atoms with Gasteiger partial charge in [0.2, 0.25) is 5.91 Å². The Bertz CT molecular complexity index is 1290. The fourth-order valence-corrected chi connectivity index (χ4v) is 4.26. The van der Waals surface area contributed by atoms with Crippen molar-refractivity contribution < 1.29 is 14.3 Å². The molecule has 1 saturated heterocycles. The second-order valence-electron chi connectivity index (χ2n) is 8.06. The molecule has 5 rings (SSSR count). The molecule has 0 N–H and O–H groups in total. The zero-order valence-corrected chi connectivity index (χ0v) is 18.6. The molecule has 0 aromatic carbocycles. The third-order valence-electron chi connectivity index (χ3n) is 6.10. The number of carbonyl (C=O) groups excluding carboxylic acids is 2. The van der Waals surface area contributed by atoms with Crippen molar-refractivity contribution in [1.29, 1.82) is 0 Å². The molecule has 5 heterocycles. The number of aromatic nitrogens is 4. The number of carbonyl (C=O) groups is 2. The summed E-state index contributed by atoms with van der Waals surface area (Å²) in [6, 6.07) is 5.42. The lowest BCUT2D eigenvalue weighted by molar-refractivity contribution is -0.130. The predicted molar refractivity (Wildman–Crippen MR) is 120 cm³/mol. The van der Waals surface area contributed by atoms with Crippen molar-refractivity contribution in [3.8, 4) is 5.75 Å². The van der Waals surface area contributed by atoms with Crippen LogP contribution in [0, 0.1) is 0 Å². The molecule has 0 radical (unpaired) electrons. The Balaban J connectivity index is 1.40. The van der Waals surface area contributed by atoms with Crippen LogP contribution in [0.2, 0.25) is 0 Å². The van der Waals surface area contributed by atoms with Crippen LogP contribution in [0.4, 0.5) is 11.5 Å². The summed E-state index contributed by atoms with van der Waals surface area (Å²) in [6.07, 6.45) is 3.27. The maximum atomic E-state index is 13.0. The summed E-state index contributed by atoms with van der Waals surface area (Å²) < 4.78 is 8.75. The Morgan fingerprint density at radius 1 is 1.09 bits per heavy atom. The lowest BCUT2D eigenvalue weighted by Gasteiger charge is -2.34. The Morgan fingerprint density at radius 2 is 1.85 bits per heavy atom. The second-order valence-corrected chi connectivity index (χ2v) is 8.06.